The van der Waals surface area contributed by atoms with Crippen molar-refractivity contribution in [2.45, 2.75) is 38.0 Å². The maximum absolute atomic E-state index is 13.4. The van der Waals surface area contributed by atoms with Crippen LogP contribution in [0.5, 0.6) is 5.75 Å². The number of hydrogen-bond acceptors (Lipinski definition) is 4. The molecule has 3 rings (SSSR count). The van der Waals surface area contributed by atoms with Crippen molar-refractivity contribution in [3.05, 3.63) is 58.6 Å². The Balaban J connectivity index is 1.85. The molecule has 0 bridgehead atoms. The third-order valence-electron chi connectivity index (χ3n) is 5.28. The molecule has 2 aromatic rings. The zero-order chi connectivity index (χ0) is 20.7. The van der Waals surface area contributed by atoms with Crippen LogP contribution in [0, 0.1) is 11.3 Å². The highest BCUT2D eigenvalue weighted by Gasteiger charge is 2.43. The van der Waals surface area contributed by atoms with E-state index in [1.165, 1.54) is 0 Å². The van der Waals surface area contributed by atoms with Gasteiger partial charge in [-0.05, 0) is 49.1 Å². The Labute approximate surface area is 176 Å². The highest BCUT2D eigenvalue weighted by Crippen LogP contribution is 2.39. The standard InChI is InChI=1S/C23H25ClN2O3/c1-2-3-12-29-21-9-8-18(15-17(21)16-25)26-22(27)23(10-13-28-14-11-23)19-6-4-5-7-20(19)24/h4-9,15H,2-3,10-14H2,1H3,(H,26,27). The van der Waals surface area contributed by atoms with E-state index in [4.69, 9.17) is 21.1 Å². The molecular weight excluding hydrogens is 388 g/mol. The number of carbonyl (C=O) groups excluding carboxylic acids is 1. The number of benzene rings is 2. The molecule has 0 radical (unpaired) electrons. The van der Waals surface area contributed by atoms with Crippen LogP contribution in [0.1, 0.15) is 43.7 Å². The number of carbonyl (C=O) groups is 1. The van der Waals surface area contributed by atoms with E-state index < -0.39 is 5.41 Å². The summed E-state index contributed by atoms with van der Waals surface area (Å²) in [6.45, 7) is 3.63. The zero-order valence-electron chi connectivity index (χ0n) is 16.5. The van der Waals surface area contributed by atoms with Gasteiger partial charge in [0, 0.05) is 23.9 Å². The van der Waals surface area contributed by atoms with E-state index in [0.717, 1.165) is 18.4 Å². The molecule has 6 heteroatoms. The summed E-state index contributed by atoms with van der Waals surface area (Å²) < 4.78 is 11.2. The van der Waals surface area contributed by atoms with Crippen LogP contribution in [0.3, 0.4) is 0 Å². The van der Waals surface area contributed by atoms with E-state index in [-0.39, 0.29) is 5.91 Å². The first-order chi connectivity index (χ1) is 14.1. The first kappa shape index (κ1) is 21.2. The van der Waals surface area contributed by atoms with Crippen molar-refractivity contribution >= 4 is 23.2 Å². The highest BCUT2D eigenvalue weighted by molar-refractivity contribution is 6.31. The lowest BCUT2D eigenvalue weighted by Gasteiger charge is -2.36. The minimum atomic E-state index is -0.764. The fourth-order valence-electron chi connectivity index (χ4n) is 3.59. The molecule has 1 aliphatic heterocycles. The van der Waals surface area contributed by atoms with Crippen LogP contribution in [-0.2, 0) is 14.9 Å². The van der Waals surface area contributed by atoms with Crippen molar-refractivity contribution < 1.29 is 14.3 Å². The predicted molar refractivity (Wildman–Crippen MR) is 113 cm³/mol. The molecule has 1 fully saturated rings. The van der Waals surface area contributed by atoms with Gasteiger partial charge in [0.15, 0.2) is 0 Å². The Hall–Kier alpha value is -2.55. The van der Waals surface area contributed by atoms with E-state index in [1.54, 1.807) is 24.3 Å². The molecule has 0 spiro atoms. The number of anilines is 1. The summed E-state index contributed by atoms with van der Waals surface area (Å²) >= 11 is 6.44. The second kappa shape index (κ2) is 9.78. The van der Waals surface area contributed by atoms with E-state index >= 15 is 0 Å². The van der Waals surface area contributed by atoms with Crippen molar-refractivity contribution in [3.63, 3.8) is 0 Å². The third-order valence-corrected chi connectivity index (χ3v) is 5.61. The van der Waals surface area contributed by atoms with E-state index in [2.05, 4.69) is 18.3 Å². The summed E-state index contributed by atoms with van der Waals surface area (Å²) in [5, 5.41) is 13.0. The van der Waals surface area contributed by atoms with Gasteiger partial charge in [0.2, 0.25) is 5.91 Å². The molecule has 1 amide bonds. The van der Waals surface area contributed by atoms with Gasteiger partial charge in [-0.1, -0.05) is 43.1 Å². The first-order valence-electron chi connectivity index (χ1n) is 9.92. The van der Waals surface area contributed by atoms with E-state index in [9.17, 15) is 10.1 Å². The molecular formula is C23H25ClN2O3. The summed E-state index contributed by atoms with van der Waals surface area (Å²) in [6, 6.07) is 14.7. The molecule has 0 saturated carbocycles. The van der Waals surface area contributed by atoms with Crippen LogP contribution in [-0.4, -0.2) is 25.7 Å². The number of nitrogens with one attached hydrogen (secondary N) is 1. The van der Waals surface area contributed by atoms with Crippen LogP contribution < -0.4 is 10.1 Å². The summed E-state index contributed by atoms with van der Waals surface area (Å²) in [4.78, 5) is 13.4. The number of hydrogen-bond donors (Lipinski definition) is 1. The van der Waals surface area contributed by atoms with E-state index in [0.29, 0.717) is 54.7 Å². The number of unbranched alkanes of at least 4 members (excludes halogenated alkanes) is 1. The molecule has 0 unspecified atom stereocenters. The SMILES string of the molecule is CCCCOc1ccc(NC(=O)C2(c3ccccc3Cl)CCOCC2)cc1C#N. The van der Waals surface area contributed by atoms with Gasteiger partial charge in [-0.15, -0.1) is 0 Å². The van der Waals surface area contributed by atoms with Crippen molar-refractivity contribution in [1.82, 2.24) is 0 Å². The fraction of sp³-hybridized carbons (Fsp3) is 0.391. The number of halogens is 1. The minimum Gasteiger partial charge on any atom is -0.492 e. The Kier molecular flexibility index (Phi) is 7.13. The Bertz CT molecular complexity index is 901. The summed E-state index contributed by atoms with van der Waals surface area (Å²) in [5.74, 6) is 0.392. The summed E-state index contributed by atoms with van der Waals surface area (Å²) in [7, 11) is 0. The average molecular weight is 413 g/mol. The van der Waals surface area contributed by atoms with Gasteiger partial charge in [0.25, 0.3) is 0 Å². The lowest BCUT2D eigenvalue weighted by molar-refractivity contribution is -0.125. The molecule has 2 aromatic carbocycles. The van der Waals surface area contributed by atoms with Gasteiger partial charge in [-0.25, -0.2) is 0 Å². The number of amides is 1. The Morgan fingerprint density at radius 3 is 2.72 bits per heavy atom. The van der Waals surface area contributed by atoms with Crippen LogP contribution in [0.2, 0.25) is 5.02 Å². The highest BCUT2D eigenvalue weighted by atomic mass is 35.5. The van der Waals surface area contributed by atoms with Gasteiger partial charge in [-0.3, -0.25) is 4.79 Å². The lowest BCUT2D eigenvalue weighted by atomic mass is 9.73. The zero-order valence-corrected chi connectivity index (χ0v) is 17.3. The molecule has 5 nitrogen and oxygen atoms in total. The van der Waals surface area contributed by atoms with Gasteiger partial charge >= 0.3 is 0 Å². The molecule has 1 heterocycles. The molecule has 29 heavy (non-hydrogen) atoms. The molecule has 152 valence electrons. The Morgan fingerprint density at radius 2 is 2.03 bits per heavy atom. The second-order valence-corrected chi connectivity index (χ2v) is 7.56. The van der Waals surface area contributed by atoms with Gasteiger partial charge in [-0.2, -0.15) is 5.26 Å². The second-order valence-electron chi connectivity index (χ2n) is 7.15. The van der Waals surface area contributed by atoms with E-state index in [1.807, 2.05) is 18.2 Å². The van der Waals surface area contributed by atoms with Crippen LogP contribution in [0.15, 0.2) is 42.5 Å². The van der Waals surface area contributed by atoms with Crippen molar-refractivity contribution in [2.24, 2.45) is 0 Å². The largest absolute Gasteiger partial charge is 0.492 e. The minimum absolute atomic E-state index is 0.141. The van der Waals surface area contributed by atoms with Gasteiger partial charge in [0.05, 0.1) is 17.6 Å². The van der Waals surface area contributed by atoms with Gasteiger partial charge in [0.1, 0.15) is 11.8 Å². The van der Waals surface area contributed by atoms with Crippen LogP contribution >= 0.6 is 11.6 Å². The van der Waals surface area contributed by atoms with Crippen LogP contribution in [0.4, 0.5) is 5.69 Å². The fourth-order valence-corrected chi connectivity index (χ4v) is 3.90. The monoisotopic (exact) mass is 412 g/mol. The lowest BCUT2D eigenvalue weighted by Crippen LogP contribution is -2.45. The van der Waals surface area contributed by atoms with Crippen molar-refractivity contribution in [1.29, 1.82) is 5.26 Å². The van der Waals surface area contributed by atoms with Crippen LogP contribution in [0.25, 0.3) is 0 Å². The first-order valence-corrected chi connectivity index (χ1v) is 10.3. The number of nitrogens with zero attached hydrogens (tertiary/aromatic N) is 1. The number of rotatable bonds is 7. The normalized spacial score (nSPS) is 15.3. The molecule has 0 atom stereocenters. The molecule has 1 saturated heterocycles. The maximum Gasteiger partial charge on any atom is 0.235 e. The Morgan fingerprint density at radius 1 is 1.28 bits per heavy atom. The van der Waals surface area contributed by atoms with Crippen molar-refractivity contribution in [2.75, 3.05) is 25.1 Å². The predicted octanol–water partition coefficient (Wildman–Crippen LogP) is 5.08. The molecule has 1 N–H and O–H groups in total. The quantitative estimate of drug-likeness (QED) is 0.644. The molecule has 0 aliphatic carbocycles. The number of nitriles is 1. The number of ether oxygens (including phenoxy) is 2. The van der Waals surface area contributed by atoms with Crippen molar-refractivity contribution in [3.8, 4) is 11.8 Å². The smallest absolute Gasteiger partial charge is 0.235 e. The maximum atomic E-state index is 13.4. The molecule has 0 aromatic heterocycles. The summed E-state index contributed by atoms with van der Waals surface area (Å²) in [6.07, 6.45) is 3.04. The molecule has 1 aliphatic rings. The average Bonchev–Trinajstić information content (AvgIpc) is 2.75. The summed E-state index contributed by atoms with van der Waals surface area (Å²) in [5.41, 5.74) is 1.01. The van der Waals surface area contributed by atoms with Gasteiger partial charge < -0.3 is 14.8 Å². The topological polar surface area (TPSA) is 71.3 Å². The third kappa shape index (κ3) is 4.72.